The highest BCUT2D eigenvalue weighted by Gasteiger charge is 2.33. The maximum atomic E-state index is 12.2. The van der Waals surface area contributed by atoms with Crippen molar-refractivity contribution in [2.45, 2.75) is 44.3 Å². The number of hydrogen-bond donors (Lipinski definition) is 0. The van der Waals surface area contributed by atoms with Crippen LogP contribution in [-0.2, 0) is 11.3 Å². The zero-order valence-electron chi connectivity index (χ0n) is 18.7. The van der Waals surface area contributed by atoms with Gasteiger partial charge in [-0.15, -0.1) is 0 Å². The first-order valence-corrected chi connectivity index (χ1v) is 11.2. The van der Waals surface area contributed by atoms with Gasteiger partial charge in [0.2, 0.25) is 0 Å². The molecule has 2 unspecified atom stereocenters. The summed E-state index contributed by atoms with van der Waals surface area (Å²) < 4.78 is 11.4. The summed E-state index contributed by atoms with van der Waals surface area (Å²) in [7, 11) is 3.37. The van der Waals surface area contributed by atoms with Crippen LogP contribution in [0.5, 0.6) is 11.5 Å². The van der Waals surface area contributed by atoms with E-state index < -0.39 is 0 Å². The van der Waals surface area contributed by atoms with Gasteiger partial charge in [0.15, 0.2) is 0 Å². The van der Waals surface area contributed by atoms with Crippen LogP contribution in [-0.4, -0.2) is 36.4 Å². The lowest BCUT2D eigenvalue weighted by molar-refractivity contribution is -0.113. The minimum atomic E-state index is -0.157. The number of aromatic nitrogens is 1. The van der Waals surface area contributed by atoms with Crippen LogP contribution in [0.3, 0.4) is 0 Å². The molecule has 166 valence electrons. The molecule has 5 heteroatoms. The molecule has 1 aliphatic heterocycles. The van der Waals surface area contributed by atoms with Gasteiger partial charge in [0.05, 0.1) is 31.5 Å². The van der Waals surface area contributed by atoms with Gasteiger partial charge in [-0.3, -0.25) is 9.88 Å². The number of hydrogen-bond acceptors (Lipinski definition) is 5. The minimum Gasteiger partial charge on any atom is -0.496 e. The molecular weight excluding hydrogens is 400 g/mol. The van der Waals surface area contributed by atoms with Crippen molar-refractivity contribution in [3.05, 3.63) is 78.0 Å². The van der Waals surface area contributed by atoms with Crippen LogP contribution in [0.15, 0.2) is 66.9 Å². The average molecular weight is 431 g/mol. The minimum absolute atomic E-state index is 0.0253. The number of ether oxygens (including phenoxy) is 2. The van der Waals surface area contributed by atoms with Crippen molar-refractivity contribution in [2.75, 3.05) is 14.2 Å². The fourth-order valence-corrected chi connectivity index (χ4v) is 4.72. The van der Waals surface area contributed by atoms with E-state index in [-0.39, 0.29) is 12.1 Å². The maximum Gasteiger partial charge on any atom is 0.137 e. The van der Waals surface area contributed by atoms with Crippen LogP contribution in [0.25, 0.3) is 11.3 Å². The molecule has 4 rings (SSSR count). The third-order valence-electron chi connectivity index (χ3n) is 6.26. The molecule has 32 heavy (non-hydrogen) atoms. The Labute approximate surface area is 190 Å². The molecule has 1 aromatic heterocycles. The fourth-order valence-electron chi connectivity index (χ4n) is 4.72. The van der Waals surface area contributed by atoms with Gasteiger partial charge in [-0.05, 0) is 48.7 Å². The van der Waals surface area contributed by atoms with Crippen LogP contribution < -0.4 is 9.47 Å². The normalized spacial score (nSPS) is 19.2. The topological polar surface area (TPSA) is 51.7 Å². The number of methoxy groups -OCH3 is 2. The Morgan fingerprint density at radius 2 is 1.72 bits per heavy atom. The third-order valence-corrected chi connectivity index (χ3v) is 6.26. The van der Waals surface area contributed by atoms with E-state index in [1.54, 1.807) is 14.2 Å². The van der Waals surface area contributed by atoms with Crippen molar-refractivity contribution in [3.8, 4) is 22.8 Å². The second kappa shape index (κ2) is 10.4. The summed E-state index contributed by atoms with van der Waals surface area (Å²) in [6.45, 7) is 0.663. The summed E-state index contributed by atoms with van der Waals surface area (Å²) in [5.74, 6) is 1.60. The fraction of sp³-hybridized carbons (Fsp3) is 0.333. The number of nitrogens with zero attached hydrogens (tertiary/aromatic N) is 2. The SMILES string of the molecule is COc1cccc(OC)c1C1CCCCC(C=O)N1Cc1cccc(-c2ccccn2)c1. The molecule has 0 amide bonds. The molecule has 0 bridgehead atoms. The van der Waals surface area contributed by atoms with Crippen molar-refractivity contribution < 1.29 is 14.3 Å². The molecule has 1 aliphatic rings. The first-order chi connectivity index (χ1) is 15.7. The number of carbonyl (C=O) groups is 1. The molecule has 0 aliphatic carbocycles. The van der Waals surface area contributed by atoms with Gasteiger partial charge in [-0.25, -0.2) is 0 Å². The monoisotopic (exact) mass is 430 g/mol. The summed E-state index contributed by atoms with van der Waals surface area (Å²) in [5.41, 5.74) is 4.19. The summed E-state index contributed by atoms with van der Waals surface area (Å²) >= 11 is 0. The van der Waals surface area contributed by atoms with E-state index >= 15 is 0 Å². The largest absolute Gasteiger partial charge is 0.496 e. The molecule has 0 radical (unpaired) electrons. The van der Waals surface area contributed by atoms with Crippen LogP contribution in [0.1, 0.15) is 42.9 Å². The van der Waals surface area contributed by atoms with Gasteiger partial charge in [-0.2, -0.15) is 0 Å². The first-order valence-electron chi connectivity index (χ1n) is 11.2. The summed E-state index contributed by atoms with van der Waals surface area (Å²) in [4.78, 5) is 19.0. The van der Waals surface area contributed by atoms with Crippen molar-refractivity contribution in [1.82, 2.24) is 9.88 Å². The van der Waals surface area contributed by atoms with E-state index in [9.17, 15) is 4.79 Å². The van der Waals surface area contributed by atoms with Crippen molar-refractivity contribution in [1.29, 1.82) is 0 Å². The predicted octanol–water partition coefficient (Wildman–Crippen LogP) is 5.45. The van der Waals surface area contributed by atoms with Gasteiger partial charge in [0.1, 0.15) is 17.8 Å². The summed E-state index contributed by atoms with van der Waals surface area (Å²) in [6.07, 6.45) is 6.80. The van der Waals surface area contributed by atoms with Crippen molar-refractivity contribution >= 4 is 6.29 Å². The number of likely N-dealkylation sites (tertiary alicyclic amines) is 1. The van der Waals surface area contributed by atoms with Crippen LogP contribution in [0, 0.1) is 0 Å². The zero-order chi connectivity index (χ0) is 22.3. The summed E-state index contributed by atoms with van der Waals surface area (Å²) in [6, 6.07) is 20.1. The van der Waals surface area contributed by atoms with E-state index in [2.05, 4.69) is 34.1 Å². The van der Waals surface area contributed by atoms with Gasteiger partial charge in [0, 0.05) is 24.3 Å². The van der Waals surface area contributed by atoms with E-state index in [1.165, 1.54) is 0 Å². The quantitative estimate of drug-likeness (QED) is 0.467. The van der Waals surface area contributed by atoms with Gasteiger partial charge < -0.3 is 14.3 Å². The van der Waals surface area contributed by atoms with E-state index in [4.69, 9.17) is 9.47 Å². The Morgan fingerprint density at radius 1 is 0.969 bits per heavy atom. The van der Waals surface area contributed by atoms with E-state index in [0.29, 0.717) is 6.54 Å². The Balaban J connectivity index is 1.73. The molecule has 1 saturated heterocycles. The molecular formula is C27H30N2O3. The second-order valence-electron chi connectivity index (χ2n) is 8.17. The standard InChI is InChI=1S/C27H30N2O3/c1-31-25-14-8-15-26(32-2)27(25)24-13-4-3-11-22(19-30)29(24)18-20-9-7-10-21(17-20)23-12-5-6-16-28-23/h5-10,12,14-17,19,22,24H,3-4,11,13,18H2,1-2H3. The van der Waals surface area contributed by atoms with E-state index in [1.807, 2.05) is 42.6 Å². The molecule has 2 heterocycles. The first kappa shape index (κ1) is 22.0. The number of rotatable bonds is 7. The third kappa shape index (κ3) is 4.68. The number of pyridine rings is 1. The van der Waals surface area contributed by atoms with Gasteiger partial charge >= 0.3 is 0 Å². The molecule has 0 N–H and O–H groups in total. The second-order valence-corrected chi connectivity index (χ2v) is 8.17. The number of aldehydes is 1. The van der Waals surface area contributed by atoms with Crippen LogP contribution >= 0.6 is 0 Å². The molecule has 0 saturated carbocycles. The lowest BCUT2D eigenvalue weighted by Crippen LogP contribution is -2.38. The predicted molar refractivity (Wildman–Crippen MR) is 126 cm³/mol. The molecule has 1 fully saturated rings. The average Bonchev–Trinajstić information content (AvgIpc) is 3.06. The van der Waals surface area contributed by atoms with Gasteiger partial charge in [-0.1, -0.05) is 43.2 Å². The highest BCUT2D eigenvalue weighted by atomic mass is 16.5. The van der Waals surface area contributed by atoms with Crippen molar-refractivity contribution in [2.24, 2.45) is 0 Å². The lowest BCUT2D eigenvalue weighted by Gasteiger charge is -2.35. The Bertz CT molecular complexity index is 1020. The molecule has 0 spiro atoms. The van der Waals surface area contributed by atoms with Crippen LogP contribution in [0.4, 0.5) is 0 Å². The molecule has 2 aromatic carbocycles. The highest BCUT2D eigenvalue weighted by molar-refractivity contribution is 5.60. The Kier molecular flexibility index (Phi) is 7.17. The lowest BCUT2D eigenvalue weighted by atomic mass is 9.97. The van der Waals surface area contributed by atoms with Crippen molar-refractivity contribution in [3.63, 3.8) is 0 Å². The number of benzene rings is 2. The highest BCUT2D eigenvalue weighted by Crippen LogP contribution is 2.43. The Hall–Kier alpha value is -3.18. The zero-order valence-corrected chi connectivity index (χ0v) is 18.7. The molecule has 3 aromatic rings. The van der Waals surface area contributed by atoms with E-state index in [0.717, 1.165) is 65.9 Å². The molecule has 5 nitrogen and oxygen atoms in total. The molecule has 2 atom stereocenters. The maximum absolute atomic E-state index is 12.2. The van der Waals surface area contributed by atoms with Crippen LogP contribution in [0.2, 0.25) is 0 Å². The number of carbonyl (C=O) groups excluding carboxylic acids is 1. The summed E-state index contributed by atoms with van der Waals surface area (Å²) in [5, 5.41) is 0. The van der Waals surface area contributed by atoms with Gasteiger partial charge in [0.25, 0.3) is 0 Å². The smallest absolute Gasteiger partial charge is 0.137 e. The Morgan fingerprint density at radius 3 is 2.41 bits per heavy atom.